The van der Waals surface area contributed by atoms with Gasteiger partial charge in [0, 0.05) is 18.3 Å². The first-order chi connectivity index (χ1) is 8.59. The third-order valence-corrected chi connectivity index (χ3v) is 3.41. The van der Waals surface area contributed by atoms with Crippen LogP contribution in [0.1, 0.15) is 13.8 Å². The summed E-state index contributed by atoms with van der Waals surface area (Å²) in [5.41, 5.74) is 0. The van der Waals surface area contributed by atoms with Gasteiger partial charge in [-0.05, 0) is 6.92 Å². The second-order valence-corrected chi connectivity index (χ2v) is 4.80. The number of aromatic nitrogens is 2. The predicted molar refractivity (Wildman–Crippen MR) is 63.7 cm³/mol. The van der Waals surface area contributed by atoms with Crippen molar-refractivity contribution in [3.8, 4) is 0 Å². The van der Waals surface area contributed by atoms with E-state index in [0.29, 0.717) is 13.3 Å². The highest BCUT2D eigenvalue weighted by Gasteiger charge is 2.39. The van der Waals surface area contributed by atoms with Crippen LogP contribution in [-0.4, -0.2) is 50.8 Å². The summed E-state index contributed by atoms with van der Waals surface area (Å²) >= 11 is 0. The molecule has 2 heterocycles. The molecule has 5 unspecified atom stereocenters. The van der Waals surface area contributed by atoms with Crippen molar-refractivity contribution in [3.63, 3.8) is 0 Å². The number of nitrogens with zero attached hydrogens (tertiary/aromatic N) is 2. The summed E-state index contributed by atoms with van der Waals surface area (Å²) in [6.45, 7) is 4.28. The van der Waals surface area contributed by atoms with E-state index in [9.17, 15) is 10.2 Å². The predicted octanol–water partition coefficient (Wildman–Crippen LogP) is 0.00240. The Morgan fingerprint density at radius 3 is 2.78 bits per heavy atom. The van der Waals surface area contributed by atoms with E-state index < -0.39 is 18.3 Å². The number of hydrogen-bond acceptors (Lipinski definition) is 5. The van der Waals surface area contributed by atoms with Crippen LogP contribution in [0.3, 0.4) is 0 Å². The van der Waals surface area contributed by atoms with Gasteiger partial charge in [-0.1, -0.05) is 6.92 Å². The summed E-state index contributed by atoms with van der Waals surface area (Å²) in [5, 5.41) is 19.8. The Hall–Kier alpha value is -0.950. The molecule has 1 aliphatic heterocycles. The van der Waals surface area contributed by atoms with Crippen LogP contribution in [0, 0.1) is 5.92 Å². The fourth-order valence-electron chi connectivity index (χ4n) is 2.18. The Labute approximate surface area is 106 Å². The number of aliphatic hydroxyl groups excluding tert-OH is 2. The fourth-order valence-corrected chi connectivity index (χ4v) is 2.18. The standard InChI is InChI=1S/C12H20N2O4/c1-8-11(15)9(2)18-10(12(8)16)5-17-7-14-4-3-13-6-14/h3-4,6,8-12,15-16H,5,7H2,1-2H3. The lowest BCUT2D eigenvalue weighted by Gasteiger charge is -2.40. The summed E-state index contributed by atoms with van der Waals surface area (Å²) in [4.78, 5) is 3.91. The van der Waals surface area contributed by atoms with E-state index in [1.54, 1.807) is 30.2 Å². The topological polar surface area (TPSA) is 76.7 Å². The summed E-state index contributed by atoms with van der Waals surface area (Å²) in [6.07, 6.45) is 3.10. The summed E-state index contributed by atoms with van der Waals surface area (Å²) in [5.74, 6) is -0.212. The third-order valence-electron chi connectivity index (χ3n) is 3.41. The van der Waals surface area contributed by atoms with Gasteiger partial charge in [-0.25, -0.2) is 4.98 Å². The van der Waals surface area contributed by atoms with Crippen molar-refractivity contribution in [2.24, 2.45) is 5.92 Å². The molecule has 0 spiro atoms. The first-order valence-electron chi connectivity index (χ1n) is 6.14. The van der Waals surface area contributed by atoms with Crippen molar-refractivity contribution < 1.29 is 19.7 Å². The molecule has 0 saturated carbocycles. The van der Waals surface area contributed by atoms with E-state index in [2.05, 4.69) is 4.98 Å². The second-order valence-electron chi connectivity index (χ2n) is 4.80. The van der Waals surface area contributed by atoms with E-state index in [1.165, 1.54) is 0 Å². The van der Waals surface area contributed by atoms with Gasteiger partial charge in [0.1, 0.15) is 12.8 Å². The summed E-state index contributed by atoms with van der Waals surface area (Å²) < 4.78 is 12.8. The normalized spacial score (nSPS) is 36.8. The lowest BCUT2D eigenvalue weighted by molar-refractivity contribution is -0.206. The van der Waals surface area contributed by atoms with Crippen LogP contribution in [0.5, 0.6) is 0 Å². The SMILES string of the molecule is CC1OC(COCn2ccnc2)C(O)C(C)C1O. The van der Waals surface area contributed by atoms with E-state index in [1.807, 2.05) is 6.92 Å². The van der Waals surface area contributed by atoms with Gasteiger partial charge in [0.25, 0.3) is 0 Å². The monoisotopic (exact) mass is 256 g/mol. The molecule has 1 aromatic rings. The molecule has 0 aromatic carbocycles. The van der Waals surface area contributed by atoms with Gasteiger partial charge < -0.3 is 24.3 Å². The van der Waals surface area contributed by atoms with Crippen molar-refractivity contribution >= 4 is 0 Å². The van der Waals surface area contributed by atoms with Crippen molar-refractivity contribution in [1.29, 1.82) is 0 Å². The summed E-state index contributed by atoms with van der Waals surface area (Å²) in [6, 6.07) is 0. The number of rotatable bonds is 4. The Kier molecular flexibility index (Phi) is 4.34. The highest BCUT2D eigenvalue weighted by molar-refractivity contribution is 4.88. The summed E-state index contributed by atoms with van der Waals surface area (Å²) in [7, 11) is 0. The largest absolute Gasteiger partial charge is 0.390 e. The molecule has 0 bridgehead atoms. The third kappa shape index (κ3) is 2.89. The van der Waals surface area contributed by atoms with Crippen LogP contribution in [-0.2, 0) is 16.2 Å². The zero-order chi connectivity index (χ0) is 13.1. The molecule has 2 rings (SSSR count). The van der Waals surface area contributed by atoms with Crippen molar-refractivity contribution in [2.75, 3.05) is 6.61 Å². The molecule has 5 atom stereocenters. The quantitative estimate of drug-likeness (QED) is 0.793. The first-order valence-corrected chi connectivity index (χ1v) is 6.14. The molecule has 0 amide bonds. The minimum absolute atomic E-state index is 0.212. The molecule has 18 heavy (non-hydrogen) atoms. The maximum Gasteiger partial charge on any atom is 0.123 e. The zero-order valence-electron chi connectivity index (χ0n) is 10.6. The average Bonchev–Trinajstić information content (AvgIpc) is 2.86. The molecular formula is C12H20N2O4. The average molecular weight is 256 g/mol. The molecule has 1 aliphatic rings. The van der Waals surface area contributed by atoms with Crippen LogP contribution in [0.15, 0.2) is 18.7 Å². The minimum atomic E-state index is -0.709. The van der Waals surface area contributed by atoms with Crippen LogP contribution in [0.2, 0.25) is 0 Å². The number of ether oxygens (including phenoxy) is 2. The lowest BCUT2D eigenvalue weighted by atomic mass is 9.88. The fraction of sp³-hybridized carbons (Fsp3) is 0.750. The second kappa shape index (κ2) is 5.79. The molecule has 0 radical (unpaired) electrons. The van der Waals surface area contributed by atoms with Crippen LogP contribution in [0.25, 0.3) is 0 Å². The zero-order valence-corrected chi connectivity index (χ0v) is 10.6. The first kappa shape index (κ1) is 13.5. The molecule has 1 fully saturated rings. The minimum Gasteiger partial charge on any atom is -0.390 e. The van der Waals surface area contributed by atoms with Gasteiger partial charge in [0.05, 0.1) is 31.2 Å². The van der Waals surface area contributed by atoms with Crippen LogP contribution >= 0.6 is 0 Å². The molecule has 6 heteroatoms. The van der Waals surface area contributed by atoms with E-state index in [-0.39, 0.29) is 12.0 Å². The van der Waals surface area contributed by atoms with Crippen molar-refractivity contribution in [3.05, 3.63) is 18.7 Å². The van der Waals surface area contributed by atoms with Gasteiger partial charge in [0.15, 0.2) is 0 Å². The molecule has 6 nitrogen and oxygen atoms in total. The van der Waals surface area contributed by atoms with Gasteiger partial charge >= 0.3 is 0 Å². The lowest BCUT2D eigenvalue weighted by Crippen LogP contribution is -2.53. The van der Waals surface area contributed by atoms with Crippen molar-refractivity contribution in [2.45, 2.75) is 45.0 Å². The molecule has 0 aliphatic carbocycles. The molecule has 102 valence electrons. The highest BCUT2D eigenvalue weighted by Crippen LogP contribution is 2.25. The highest BCUT2D eigenvalue weighted by atomic mass is 16.6. The van der Waals surface area contributed by atoms with Crippen LogP contribution in [0.4, 0.5) is 0 Å². The molecule has 1 saturated heterocycles. The Balaban J connectivity index is 1.81. The van der Waals surface area contributed by atoms with Crippen LogP contribution < -0.4 is 0 Å². The van der Waals surface area contributed by atoms with Gasteiger partial charge in [0.2, 0.25) is 0 Å². The van der Waals surface area contributed by atoms with E-state index in [4.69, 9.17) is 9.47 Å². The Bertz CT molecular complexity index is 357. The van der Waals surface area contributed by atoms with E-state index in [0.717, 1.165) is 0 Å². The van der Waals surface area contributed by atoms with Gasteiger partial charge in [-0.3, -0.25) is 0 Å². The smallest absolute Gasteiger partial charge is 0.123 e. The maximum atomic E-state index is 10.00. The molecule has 2 N–H and O–H groups in total. The van der Waals surface area contributed by atoms with Gasteiger partial charge in [-0.15, -0.1) is 0 Å². The molecule has 1 aromatic heterocycles. The number of aliphatic hydroxyl groups is 2. The molecular weight excluding hydrogens is 236 g/mol. The van der Waals surface area contributed by atoms with Gasteiger partial charge in [-0.2, -0.15) is 0 Å². The van der Waals surface area contributed by atoms with E-state index >= 15 is 0 Å². The Morgan fingerprint density at radius 1 is 1.33 bits per heavy atom. The number of hydrogen-bond donors (Lipinski definition) is 2. The van der Waals surface area contributed by atoms with Crippen molar-refractivity contribution in [1.82, 2.24) is 9.55 Å². The Morgan fingerprint density at radius 2 is 2.11 bits per heavy atom. The number of imidazole rings is 1. The maximum absolute atomic E-state index is 10.00.